The van der Waals surface area contributed by atoms with Gasteiger partial charge in [-0.1, -0.05) is 0 Å². The van der Waals surface area contributed by atoms with Crippen LogP contribution < -0.4 is 16.0 Å². The predicted octanol–water partition coefficient (Wildman–Crippen LogP) is -19.2. The van der Waals surface area contributed by atoms with Crippen LogP contribution in [0.2, 0.25) is 0 Å². The van der Waals surface area contributed by atoms with Crippen LogP contribution in [0.4, 0.5) is 0 Å². The normalized spacial score (nSPS) is 50.4. The molecule has 9 heterocycles. The molecule has 28 N–H and O–H groups in total. The topological polar surface area (TPSA) is 750 Å². The highest BCUT2D eigenvalue weighted by Crippen LogP contribution is 2.39. The number of hydrogen-bond donors (Lipinski definition) is 28. The SMILES string of the molecule is CC(=O)N[C@@H]1[C@@H](O)[C@H](O[C@@H]2O[C@H](CO)[C@@H](O[C@@H]3O[C@H](CO[C@H]4O[C@H](CO)[C@@H](O)[C@H](O[C@H]5O[C@H](CO)[C@@H](O)[C@H](O)[C@@H]5O)[C@@H]4O)[C@@H](O)[C@H](O[C@H]4O[C@H](CO)[C@@H](O)[C@H](O)[C@@H]4O[C@@H]4O[C@H](CO)[C@@H](O[C@@H]5O[C@H](CO)[C@H](O)[C@H](O)[C@H]5O)[C@H](O)[C@H]4NC(C)=O)[C@@H]3O)[C@H](O)[C@H]2NC(C)=O)[C@@H](CO[C@H]2O[C@H](C)[C@H](O)[C@H](O)[C@H]2O)O[C@@H]1O. The molecule has 48 nitrogen and oxygen atoms in total. The predicted molar refractivity (Wildman–Crippen MR) is 330 cm³/mol. The van der Waals surface area contributed by atoms with E-state index in [1.54, 1.807) is 0 Å². The molecule has 9 fully saturated rings. The third-order valence-corrected chi connectivity index (χ3v) is 19.9. The molecule has 0 aromatic rings. The smallest absolute Gasteiger partial charge is 0.217 e. The van der Waals surface area contributed by atoms with Crippen LogP contribution in [0.15, 0.2) is 0 Å². The number of hydrogen-bond acceptors (Lipinski definition) is 45. The van der Waals surface area contributed by atoms with Gasteiger partial charge in [0.25, 0.3) is 0 Å². The van der Waals surface area contributed by atoms with Crippen LogP contribution in [-0.2, 0) is 94.9 Å². The molecule has 0 aliphatic carbocycles. The zero-order valence-electron chi connectivity index (χ0n) is 58.0. The Kier molecular flexibility index (Phi) is 31.6. The third-order valence-electron chi connectivity index (χ3n) is 19.9. The van der Waals surface area contributed by atoms with Crippen molar-refractivity contribution in [2.45, 2.75) is 304 Å². The van der Waals surface area contributed by atoms with Gasteiger partial charge in [-0.05, 0) is 6.92 Å². The van der Waals surface area contributed by atoms with E-state index in [9.17, 15) is 142 Å². The third kappa shape index (κ3) is 19.3. The first kappa shape index (κ1) is 88.7. The molecule has 0 bridgehead atoms. The zero-order valence-corrected chi connectivity index (χ0v) is 58.0. The highest BCUT2D eigenvalue weighted by Gasteiger charge is 2.60. The zero-order chi connectivity index (χ0) is 79.5. The minimum atomic E-state index is -2.55. The van der Waals surface area contributed by atoms with E-state index in [2.05, 4.69) is 16.0 Å². The van der Waals surface area contributed by atoms with Gasteiger partial charge in [0.1, 0.15) is 213 Å². The molecule has 0 radical (unpaired) electrons. The molecule has 9 aliphatic rings. The van der Waals surface area contributed by atoms with Crippen molar-refractivity contribution < 1.29 is 223 Å². The summed E-state index contributed by atoms with van der Waals surface area (Å²) < 4.78 is 99.6. The van der Waals surface area contributed by atoms with Crippen molar-refractivity contribution in [2.75, 3.05) is 52.9 Å². The molecule has 45 atom stereocenters. The molecule has 3 amide bonds. The van der Waals surface area contributed by atoms with E-state index >= 15 is 0 Å². The van der Waals surface area contributed by atoms with Crippen molar-refractivity contribution in [1.29, 1.82) is 0 Å². The Labute approximate surface area is 611 Å². The van der Waals surface area contributed by atoms with E-state index in [1.807, 2.05) is 0 Å². The molecule has 0 spiro atoms. The van der Waals surface area contributed by atoms with Crippen LogP contribution >= 0.6 is 0 Å². The molecular formula is C60H101N3O45. The first-order valence-electron chi connectivity index (χ1n) is 34.5. The molecule has 0 unspecified atom stereocenters. The Morgan fingerprint density at radius 2 is 0.556 bits per heavy atom. The first-order chi connectivity index (χ1) is 51.0. The second-order valence-electron chi connectivity index (χ2n) is 27.5. The second kappa shape index (κ2) is 38.5. The Bertz CT molecular complexity index is 2820. The fourth-order valence-corrected chi connectivity index (χ4v) is 13.9. The van der Waals surface area contributed by atoms with Gasteiger partial charge in [-0.25, -0.2) is 0 Å². The van der Waals surface area contributed by atoms with Crippen molar-refractivity contribution in [3.8, 4) is 0 Å². The maximum atomic E-state index is 13.1. The summed E-state index contributed by atoms with van der Waals surface area (Å²) in [4.78, 5) is 38.4. The maximum absolute atomic E-state index is 13.1. The van der Waals surface area contributed by atoms with Crippen molar-refractivity contribution in [3.63, 3.8) is 0 Å². The summed E-state index contributed by atoms with van der Waals surface area (Å²) in [5, 5.41) is 283. The number of nitrogens with one attached hydrogen (secondary N) is 3. The molecule has 9 saturated heterocycles. The van der Waals surface area contributed by atoms with E-state index in [0.29, 0.717) is 0 Å². The average Bonchev–Trinajstić information content (AvgIpc) is 0.768. The number of aliphatic hydroxyl groups is 25. The highest BCUT2D eigenvalue weighted by molar-refractivity contribution is 5.74. The van der Waals surface area contributed by atoms with Crippen LogP contribution in [-0.4, -0.2) is 474 Å². The van der Waals surface area contributed by atoms with Gasteiger partial charge >= 0.3 is 0 Å². The standard InChI is InChI=1S/C60H101N3O45/c1-13-28(73)37(82)41(86)55(94-13)93-12-24-48(34(79)25(52(91)95-24)61-14(2)70)103-53-26(62-15(3)71)35(80)47(22(10-69)100-53)105-59-45(90)50(33(78)23(102-59)11-92-56-44(89)49(32(77)20(8-67)96-56)106-58-43(88)39(84)30(75)18(6-65)98-58)107-60-51(40(85)31(76)19(7-66)99-60)108-54-27(63-16(4)72)36(81)46(21(9-68)101-54)104-57-42(87)38(83)29(74)17(5-64)97-57/h13,17-60,64-69,73-91H,5-12H2,1-4H3,(H,61,70)(H,62,71)(H,63,72)/t13-,17-,18-,19-,20-,21-,22-,23-,24-,25-,26-,27-,28+,29+,30-,31-,32-,33-,34-,35-,36-,37+,38+,39+,40+,41-,42-,43+,44+,45+,46-,47-,48-,49+,50+,51+,52+,53+,54+,55+,56+,57+,58-,59+,60-/m1/s1. The van der Waals surface area contributed by atoms with Gasteiger partial charge in [0.2, 0.25) is 17.7 Å². The van der Waals surface area contributed by atoms with Gasteiger partial charge < -0.3 is 224 Å². The Balaban J connectivity index is 1.03. The number of carbonyl (C=O) groups excluding carboxylic acids is 3. The molecule has 0 aromatic heterocycles. The number of amides is 3. The number of rotatable bonds is 27. The Morgan fingerprint density at radius 1 is 0.259 bits per heavy atom. The monoisotopic (exact) mass is 1580 g/mol. The lowest BCUT2D eigenvalue weighted by Gasteiger charge is -2.51. The summed E-state index contributed by atoms with van der Waals surface area (Å²) in [5.41, 5.74) is 0. The quantitative estimate of drug-likeness (QED) is 0.0363. The number of ether oxygens (including phenoxy) is 17. The lowest BCUT2D eigenvalue weighted by molar-refractivity contribution is -0.398. The lowest BCUT2D eigenvalue weighted by atomic mass is 9.93. The fourth-order valence-electron chi connectivity index (χ4n) is 13.9. The van der Waals surface area contributed by atoms with Crippen LogP contribution in [0.25, 0.3) is 0 Å². The van der Waals surface area contributed by atoms with Crippen LogP contribution in [0, 0.1) is 0 Å². The van der Waals surface area contributed by atoms with Crippen molar-refractivity contribution in [1.82, 2.24) is 16.0 Å². The van der Waals surface area contributed by atoms with Crippen molar-refractivity contribution in [3.05, 3.63) is 0 Å². The van der Waals surface area contributed by atoms with E-state index in [0.717, 1.165) is 20.8 Å². The summed E-state index contributed by atoms with van der Waals surface area (Å²) >= 11 is 0. The minimum Gasteiger partial charge on any atom is -0.394 e. The van der Waals surface area contributed by atoms with Crippen LogP contribution in [0.5, 0.6) is 0 Å². The number of aliphatic hydroxyl groups excluding tert-OH is 25. The van der Waals surface area contributed by atoms with Gasteiger partial charge in [-0.15, -0.1) is 0 Å². The van der Waals surface area contributed by atoms with Gasteiger partial charge in [0.05, 0.1) is 59.0 Å². The highest BCUT2D eigenvalue weighted by atomic mass is 16.8. The molecule has 0 saturated carbocycles. The molecular weight excluding hydrogens is 1480 g/mol. The Morgan fingerprint density at radius 3 is 1.02 bits per heavy atom. The second-order valence-corrected chi connectivity index (χ2v) is 27.5. The Hall–Kier alpha value is -3.27. The van der Waals surface area contributed by atoms with E-state index in [4.69, 9.17) is 80.5 Å². The lowest BCUT2D eigenvalue weighted by Crippen LogP contribution is -2.71. The molecule has 0 aromatic carbocycles. The fraction of sp³-hybridized carbons (Fsp3) is 0.950. The van der Waals surface area contributed by atoms with Gasteiger partial charge in [0.15, 0.2) is 56.6 Å². The van der Waals surface area contributed by atoms with Crippen LogP contribution in [0.1, 0.15) is 27.7 Å². The molecule has 9 rings (SSSR count). The van der Waals surface area contributed by atoms with E-state index < -0.39 is 347 Å². The summed E-state index contributed by atoms with van der Waals surface area (Å²) in [6.07, 6.45) is -85.2. The average molecular weight is 1580 g/mol. The summed E-state index contributed by atoms with van der Waals surface area (Å²) in [5.74, 6) is -2.73. The van der Waals surface area contributed by atoms with Gasteiger partial charge in [0, 0.05) is 20.8 Å². The first-order valence-corrected chi connectivity index (χ1v) is 34.5. The van der Waals surface area contributed by atoms with E-state index in [1.165, 1.54) is 6.92 Å². The molecule has 108 heavy (non-hydrogen) atoms. The van der Waals surface area contributed by atoms with Crippen LogP contribution in [0.3, 0.4) is 0 Å². The molecule has 48 heteroatoms. The summed E-state index contributed by atoms with van der Waals surface area (Å²) in [6.45, 7) is -4.26. The van der Waals surface area contributed by atoms with Crippen molar-refractivity contribution in [2.24, 2.45) is 0 Å². The number of carbonyl (C=O) groups is 3. The summed E-state index contributed by atoms with van der Waals surface area (Å²) in [6, 6.07) is -5.63. The summed E-state index contributed by atoms with van der Waals surface area (Å²) in [7, 11) is 0. The minimum absolute atomic E-state index is 0.823. The van der Waals surface area contributed by atoms with Gasteiger partial charge in [-0.3, -0.25) is 14.4 Å². The van der Waals surface area contributed by atoms with Gasteiger partial charge in [-0.2, -0.15) is 0 Å². The molecule has 9 aliphatic heterocycles. The van der Waals surface area contributed by atoms with Crippen molar-refractivity contribution >= 4 is 17.7 Å². The maximum Gasteiger partial charge on any atom is 0.217 e. The van der Waals surface area contributed by atoms with E-state index in [-0.39, 0.29) is 0 Å². The largest absolute Gasteiger partial charge is 0.394 e. The molecule has 626 valence electrons.